The van der Waals surface area contributed by atoms with Crippen LogP contribution in [-0.4, -0.2) is 9.97 Å². The van der Waals surface area contributed by atoms with Gasteiger partial charge in [0.05, 0.1) is 18.0 Å². The lowest BCUT2D eigenvalue weighted by atomic mass is 10.0. The summed E-state index contributed by atoms with van der Waals surface area (Å²) >= 11 is 0. The Bertz CT molecular complexity index is 756. The predicted molar refractivity (Wildman–Crippen MR) is 68.3 cm³/mol. The van der Waals surface area contributed by atoms with E-state index in [0.717, 1.165) is 39.1 Å². The van der Waals surface area contributed by atoms with Crippen molar-refractivity contribution in [2.24, 2.45) is 0 Å². The molecule has 0 unspecified atom stereocenters. The molecule has 0 aliphatic rings. The smallest absolute Gasteiger partial charge is 0.233 e. The van der Waals surface area contributed by atoms with Crippen molar-refractivity contribution in [1.29, 1.82) is 0 Å². The minimum atomic E-state index is 0.810. The van der Waals surface area contributed by atoms with Gasteiger partial charge in [0.15, 0.2) is 0 Å². The number of nitrogens with one attached hydrogen (secondary N) is 2. The van der Waals surface area contributed by atoms with Gasteiger partial charge in [0.2, 0.25) is 11.0 Å². The summed E-state index contributed by atoms with van der Waals surface area (Å²) in [7, 11) is 0. The van der Waals surface area contributed by atoms with Crippen molar-refractivity contribution >= 4 is 32.8 Å². The van der Waals surface area contributed by atoms with Crippen molar-refractivity contribution in [1.82, 2.24) is 9.97 Å². The third-order valence-corrected chi connectivity index (χ3v) is 3.33. The lowest BCUT2D eigenvalue weighted by Crippen LogP contribution is -2.24. The zero-order valence-corrected chi connectivity index (χ0v) is 10.2. The van der Waals surface area contributed by atoms with Crippen LogP contribution in [0, 0.1) is 13.8 Å². The molecule has 18 heavy (non-hydrogen) atoms. The minimum Gasteiger partial charge on any atom is -0.233 e. The van der Waals surface area contributed by atoms with Crippen LogP contribution in [0.15, 0.2) is 24.3 Å². The molecular weight excluding hydrogens is 224 g/mol. The third kappa shape index (κ3) is 1.14. The van der Waals surface area contributed by atoms with Gasteiger partial charge in [0.25, 0.3) is 0 Å². The Morgan fingerprint density at radius 3 is 1.89 bits per heavy atom. The molecule has 0 amide bonds. The normalized spacial score (nSPS) is 11.9. The van der Waals surface area contributed by atoms with Crippen molar-refractivity contribution in [3.05, 3.63) is 35.9 Å². The number of aryl methyl sites for hydroxylation is 2. The molecule has 86 valence electrons. The Hall–Kier alpha value is -2.36. The molecule has 2 aromatic heterocycles. The number of benzene rings is 2. The molecule has 0 fully saturated rings. The Balaban J connectivity index is 2.41. The molecule has 0 bridgehead atoms. The van der Waals surface area contributed by atoms with Crippen molar-refractivity contribution in [3.8, 4) is 0 Å². The standard InChI is InChI=1S/C14H10N4/c1-7-15-9-3-5-11-14-12(18-8(2)17-11)6-4-10(16-7)13(9)14/h3-6H,1-2H3/p+2. The van der Waals surface area contributed by atoms with E-state index in [1.807, 2.05) is 13.8 Å². The van der Waals surface area contributed by atoms with Crippen LogP contribution in [0.3, 0.4) is 0 Å². The molecule has 4 rings (SSSR count). The van der Waals surface area contributed by atoms with Crippen LogP contribution in [0.5, 0.6) is 0 Å². The third-order valence-electron chi connectivity index (χ3n) is 3.33. The molecular formula is C14H12N4+2. The van der Waals surface area contributed by atoms with E-state index in [2.05, 4.69) is 44.2 Å². The highest BCUT2D eigenvalue weighted by Gasteiger charge is 2.19. The summed E-state index contributed by atoms with van der Waals surface area (Å²) in [5.74, 6) is 1.85. The number of rotatable bonds is 0. The van der Waals surface area contributed by atoms with Crippen LogP contribution in [-0.2, 0) is 0 Å². The zero-order chi connectivity index (χ0) is 12.3. The molecule has 0 radical (unpaired) electrons. The maximum Gasteiger partial charge on any atom is 0.412 e. The van der Waals surface area contributed by atoms with Crippen molar-refractivity contribution in [2.45, 2.75) is 13.8 Å². The largest absolute Gasteiger partial charge is 0.412 e. The van der Waals surface area contributed by atoms with Gasteiger partial charge >= 0.3 is 5.82 Å². The molecule has 0 atom stereocenters. The van der Waals surface area contributed by atoms with Gasteiger partial charge in [-0.3, -0.25) is 0 Å². The fraction of sp³-hybridized carbons (Fsp3) is 0.143. The first kappa shape index (κ1) is 9.65. The molecule has 0 saturated heterocycles. The maximum absolute atomic E-state index is 4.51. The van der Waals surface area contributed by atoms with Crippen molar-refractivity contribution < 1.29 is 9.97 Å². The summed E-state index contributed by atoms with van der Waals surface area (Å²) in [6.07, 6.45) is 0. The van der Waals surface area contributed by atoms with E-state index in [4.69, 9.17) is 0 Å². The summed E-state index contributed by atoms with van der Waals surface area (Å²) in [6.45, 7) is 3.95. The molecule has 4 nitrogen and oxygen atoms in total. The molecule has 0 aliphatic carbocycles. The molecule has 2 heterocycles. The SMILES string of the molecule is Cc1nc2ccc3[nH+]c(C)[nH+]c4ccc(n1)c2c34. The Morgan fingerprint density at radius 2 is 1.33 bits per heavy atom. The second-order valence-corrected chi connectivity index (χ2v) is 4.66. The van der Waals surface area contributed by atoms with Gasteiger partial charge in [-0.25, -0.2) is 9.97 Å². The van der Waals surface area contributed by atoms with Crippen molar-refractivity contribution in [2.75, 3.05) is 0 Å². The number of hydrogen-bond donors (Lipinski definition) is 0. The van der Waals surface area contributed by atoms with E-state index in [9.17, 15) is 0 Å². The molecule has 0 aliphatic heterocycles. The lowest BCUT2D eigenvalue weighted by molar-refractivity contribution is -0.512. The van der Waals surface area contributed by atoms with Crippen LogP contribution in [0.2, 0.25) is 0 Å². The molecule has 0 spiro atoms. The fourth-order valence-electron chi connectivity index (χ4n) is 2.66. The van der Waals surface area contributed by atoms with Crippen LogP contribution in [0.1, 0.15) is 11.6 Å². The minimum absolute atomic E-state index is 0.810. The summed E-state index contributed by atoms with van der Waals surface area (Å²) < 4.78 is 0. The first-order chi connectivity index (χ1) is 8.72. The van der Waals surface area contributed by atoms with E-state index in [1.54, 1.807) is 0 Å². The van der Waals surface area contributed by atoms with E-state index in [1.165, 1.54) is 5.39 Å². The number of H-pyrrole nitrogens is 2. The molecule has 2 aromatic carbocycles. The monoisotopic (exact) mass is 236 g/mol. The van der Waals surface area contributed by atoms with Crippen LogP contribution in [0.25, 0.3) is 32.8 Å². The Kier molecular flexibility index (Phi) is 1.66. The second-order valence-electron chi connectivity index (χ2n) is 4.66. The fourth-order valence-corrected chi connectivity index (χ4v) is 2.66. The average molecular weight is 236 g/mol. The zero-order valence-electron chi connectivity index (χ0n) is 10.2. The van der Waals surface area contributed by atoms with E-state index < -0.39 is 0 Å². The number of aromatic amines is 2. The lowest BCUT2D eigenvalue weighted by Gasteiger charge is -2.04. The molecule has 4 heteroatoms. The van der Waals surface area contributed by atoms with Crippen molar-refractivity contribution in [3.63, 3.8) is 0 Å². The van der Waals surface area contributed by atoms with Gasteiger partial charge in [-0.05, 0) is 19.1 Å². The van der Waals surface area contributed by atoms with Gasteiger partial charge in [0, 0.05) is 17.5 Å². The summed E-state index contributed by atoms with van der Waals surface area (Å²) in [5.41, 5.74) is 4.24. The topological polar surface area (TPSA) is 54.1 Å². The van der Waals surface area contributed by atoms with Gasteiger partial charge in [-0.1, -0.05) is 0 Å². The number of nitrogens with zero attached hydrogens (tertiary/aromatic N) is 2. The summed E-state index contributed by atoms with van der Waals surface area (Å²) in [5, 5.41) is 2.30. The van der Waals surface area contributed by atoms with Gasteiger partial charge in [-0.2, -0.15) is 9.97 Å². The predicted octanol–water partition coefficient (Wildman–Crippen LogP) is 1.62. The molecule has 4 aromatic rings. The Morgan fingerprint density at radius 1 is 0.778 bits per heavy atom. The summed E-state index contributed by atoms with van der Waals surface area (Å²) in [4.78, 5) is 15.7. The highest BCUT2D eigenvalue weighted by atomic mass is 14.9. The average Bonchev–Trinajstić information content (AvgIpc) is 2.34. The van der Waals surface area contributed by atoms with Crippen LogP contribution < -0.4 is 9.97 Å². The highest BCUT2D eigenvalue weighted by Crippen LogP contribution is 2.28. The number of aromatic nitrogens is 4. The molecule has 0 saturated carbocycles. The van der Waals surface area contributed by atoms with E-state index >= 15 is 0 Å². The van der Waals surface area contributed by atoms with E-state index in [-0.39, 0.29) is 0 Å². The van der Waals surface area contributed by atoms with Gasteiger partial charge < -0.3 is 0 Å². The first-order valence-electron chi connectivity index (χ1n) is 5.97. The summed E-state index contributed by atoms with van der Waals surface area (Å²) in [6, 6.07) is 8.26. The Labute approximate surface area is 103 Å². The van der Waals surface area contributed by atoms with Crippen LogP contribution >= 0.6 is 0 Å². The number of hydrogen-bond acceptors (Lipinski definition) is 2. The van der Waals surface area contributed by atoms with Crippen LogP contribution in [0.4, 0.5) is 0 Å². The quantitative estimate of drug-likeness (QED) is 0.436. The maximum atomic E-state index is 4.51. The van der Waals surface area contributed by atoms with E-state index in [0.29, 0.717) is 0 Å². The highest BCUT2D eigenvalue weighted by molar-refractivity contribution is 6.17. The van der Waals surface area contributed by atoms with Gasteiger partial charge in [-0.15, -0.1) is 0 Å². The second kappa shape index (κ2) is 3.10. The first-order valence-corrected chi connectivity index (χ1v) is 5.97. The molecule has 2 N–H and O–H groups in total. The van der Waals surface area contributed by atoms with Gasteiger partial charge in [0.1, 0.15) is 11.2 Å².